The highest BCUT2D eigenvalue weighted by molar-refractivity contribution is 7.98. The van der Waals surface area contributed by atoms with E-state index in [1.54, 1.807) is 29.6 Å². The van der Waals surface area contributed by atoms with E-state index < -0.39 is 50.1 Å². The van der Waals surface area contributed by atoms with E-state index in [-0.39, 0.29) is 34.4 Å². The van der Waals surface area contributed by atoms with Crippen LogP contribution < -0.4 is 15.9 Å². The first-order chi connectivity index (χ1) is 29.5. The maximum atomic E-state index is 15.6. The van der Waals surface area contributed by atoms with Crippen LogP contribution in [0.25, 0.3) is 4.83 Å². The van der Waals surface area contributed by atoms with Crippen LogP contribution in [0.15, 0.2) is 133 Å². The van der Waals surface area contributed by atoms with Gasteiger partial charge in [-0.25, -0.2) is 9.78 Å². The van der Waals surface area contributed by atoms with Crippen LogP contribution in [0.3, 0.4) is 0 Å². The number of non-ortho nitro benzene ring substituents is 1. The second-order valence-electron chi connectivity index (χ2n) is 17.0. The lowest BCUT2D eigenvalue weighted by atomic mass is 9.75. The Labute approximate surface area is 371 Å². The minimum absolute atomic E-state index is 0.0912. The second kappa shape index (κ2) is 17.9. The Bertz CT molecular complexity index is 2560. The van der Waals surface area contributed by atoms with Gasteiger partial charge in [0.25, 0.3) is 5.69 Å². The molecular formula is C47H51N4O7PS2Si. The fourth-order valence-electron chi connectivity index (χ4n) is 8.01. The lowest BCUT2D eigenvalue weighted by Crippen LogP contribution is -2.71. The van der Waals surface area contributed by atoms with Gasteiger partial charge in [0.1, 0.15) is 28.2 Å². The Balaban J connectivity index is 1.49. The zero-order valence-corrected chi connectivity index (χ0v) is 39.6. The van der Waals surface area contributed by atoms with Gasteiger partial charge in [-0.05, 0) is 64.9 Å². The molecule has 0 radical (unpaired) electrons. The van der Waals surface area contributed by atoms with Crippen LogP contribution >= 0.6 is 30.0 Å². The van der Waals surface area contributed by atoms with Gasteiger partial charge in [0.2, 0.25) is 5.91 Å². The number of ketones is 1. The molecule has 0 saturated carbocycles. The average Bonchev–Trinajstić information content (AvgIpc) is 3.86. The van der Waals surface area contributed by atoms with Gasteiger partial charge in [0.05, 0.1) is 27.9 Å². The van der Waals surface area contributed by atoms with Gasteiger partial charge in [-0.2, -0.15) is 0 Å². The predicted molar refractivity (Wildman–Crippen MR) is 253 cm³/mol. The molecule has 1 fully saturated rings. The first kappa shape index (κ1) is 44.9. The van der Waals surface area contributed by atoms with Crippen LogP contribution in [0.4, 0.5) is 5.69 Å². The molecule has 11 nitrogen and oxygen atoms in total. The van der Waals surface area contributed by atoms with Gasteiger partial charge in [-0.3, -0.25) is 24.1 Å². The van der Waals surface area contributed by atoms with Crippen molar-refractivity contribution in [1.29, 1.82) is 0 Å². The van der Waals surface area contributed by atoms with Crippen molar-refractivity contribution >= 4 is 87.8 Å². The Morgan fingerprint density at radius 3 is 1.92 bits per heavy atom. The molecule has 1 saturated heterocycles. The largest absolute Gasteiger partial charge is 0.456 e. The molecule has 0 aliphatic carbocycles. The smallest absolute Gasteiger partial charge is 0.356 e. The van der Waals surface area contributed by atoms with Crippen LogP contribution in [-0.2, 0) is 25.4 Å². The van der Waals surface area contributed by atoms with Crippen LogP contribution in [-0.4, -0.2) is 69.0 Å². The lowest BCUT2D eigenvalue weighted by Gasteiger charge is -2.54. The number of amides is 1. The van der Waals surface area contributed by atoms with Gasteiger partial charge in [-0.15, -0.1) is 23.1 Å². The number of aromatic nitrogens is 2. The number of hydrogen-bond acceptors (Lipinski definition) is 10. The third kappa shape index (κ3) is 8.26. The molecule has 62 heavy (non-hydrogen) atoms. The van der Waals surface area contributed by atoms with E-state index in [0.717, 1.165) is 25.8 Å². The van der Waals surface area contributed by atoms with E-state index >= 15 is 9.59 Å². The average molecular weight is 907 g/mol. The number of Topliss-reactive ketones (excluding diaryl/α,β-unsaturated/α-hetero) is 1. The predicted octanol–water partition coefficient (Wildman–Crippen LogP) is 8.95. The number of hydrogen-bond donors (Lipinski definition) is 0. The molecule has 0 unspecified atom stereocenters. The van der Waals surface area contributed by atoms with Crippen molar-refractivity contribution < 1.29 is 28.5 Å². The summed E-state index contributed by atoms with van der Waals surface area (Å²) in [5.74, 6) is -2.80. The zero-order chi connectivity index (χ0) is 44.6. The minimum Gasteiger partial charge on any atom is -0.456 e. The number of thiazole rings is 1. The SMILES string of the molecule is CSc1ncn2cc(C(=O)[C@H](C)[C@@H]3[C@@H]([C@@H](C)O[Si](C)(C)C(C)(C)C)C(=O)N3C(C(=O)OCc3ccc([N+](=O)[O-])cc3)=P(c3ccccc3)(c3ccccc3)c3ccccc3)sc12. The number of benzene rings is 4. The molecular weight excluding hydrogens is 856 g/mol. The number of imidazole rings is 1. The van der Waals surface area contributed by atoms with E-state index in [1.165, 1.54) is 35.2 Å². The second-order valence-corrected chi connectivity index (χ2v) is 26.9. The zero-order valence-electron chi connectivity index (χ0n) is 36.1. The third-order valence-electron chi connectivity index (χ3n) is 12.2. The summed E-state index contributed by atoms with van der Waals surface area (Å²) in [5.41, 5.74) is 0.581. The van der Waals surface area contributed by atoms with Gasteiger partial charge in [0, 0.05) is 31.1 Å². The molecule has 0 N–H and O–H groups in total. The van der Waals surface area contributed by atoms with Crippen LogP contribution in [0.2, 0.25) is 18.1 Å². The summed E-state index contributed by atoms with van der Waals surface area (Å²) in [4.78, 5) is 64.5. The molecule has 7 rings (SSSR count). The molecule has 4 aromatic carbocycles. The van der Waals surface area contributed by atoms with Crippen molar-refractivity contribution in [3.05, 3.63) is 148 Å². The summed E-state index contributed by atoms with van der Waals surface area (Å²) in [6, 6.07) is 34.2. The quantitative estimate of drug-likeness (QED) is 0.0145. The fourth-order valence-corrected chi connectivity index (χ4v) is 15.6. The Kier molecular flexibility index (Phi) is 13.0. The number of β-lactam (4-membered cyclic amide) rings is 1. The number of nitro groups is 1. The summed E-state index contributed by atoms with van der Waals surface area (Å²) in [6.07, 6.45) is 4.83. The first-order valence-corrected chi connectivity index (χ1v) is 27.1. The highest BCUT2D eigenvalue weighted by Crippen LogP contribution is 2.51. The summed E-state index contributed by atoms with van der Waals surface area (Å²) < 4.78 is 15.1. The van der Waals surface area contributed by atoms with Crippen LogP contribution in [0.1, 0.15) is 49.9 Å². The molecule has 1 amide bonds. The highest BCUT2D eigenvalue weighted by Gasteiger charge is 2.59. The lowest BCUT2D eigenvalue weighted by molar-refractivity contribution is -0.384. The molecule has 1 aliphatic rings. The molecule has 4 atom stereocenters. The van der Waals surface area contributed by atoms with Gasteiger partial charge in [-0.1, -0.05) is 119 Å². The number of ether oxygens (including phenoxy) is 1. The topological polar surface area (TPSA) is 133 Å². The summed E-state index contributed by atoms with van der Waals surface area (Å²) in [7, 11) is -2.45. The fraction of sp³-hybridized carbons (Fsp3) is 0.298. The monoisotopic (exact) mass is 906 g/mol. The molecule has 3 heterocycles. The van der Waals surface area contributed by atoms with Crippen LogP contribution in [0.5, 0.6) is 0 Å². The number of carbonyl (C=O) groups excluding carboxylic acids is 3. The molecule has 2 aromatic heterocycles. The van der Waals surface area contributed by atoms with Crippen molar-refractivity contribution in [2.24, 2.45) is 11.8 Å². The van der Waals surface area contributed by atoms with Crippen molar-refractivity contribution in [1.82, 2.24) is 14.3 Å². The van der Waals surface area contributed by atoms with Gasteiger partial charge >= 0.3 is 5.97 Å². The van der Waals surface area contributed by atoms with Crippen molar-refractivity contribution in [3.8, 4) is 0 Å². The normalized spacial score (nSPS) is 16.7. The third-order valence-corrected chi connectivity index (χ3v) is 23.0. The van der Waals surface area contributed by atoms with Crippen molar-refractivity contribution in [3.63, 3.8) is 0 Å². The minimum atomic E-state index is -3.35. The van der Waals surface area contributed by atoms with E-state index in [4.69, 9.17) is 9.16 Å². The maximum absolute atomic E-state index is 15.6. The maximum Gasteiger partial charge on any atom is 0.356 e. The summed E-state index contributed by atoms with van der Waals surface area (Å²) in [6.45, 7) is 10.9. The number of likely N-dealkylation sites (tertiary alicyclic amines) is 1. The number of esters is 1. The van der Waals surface area contributed by atoms with E-state index in [1.807, 2.05) is 115 Å². The van der Waals surface area contributed by atoms with Crippen LogP contribution in [0, 0.1) is 22.0 Å². The molecule has 15 heteroatoms. The molecule has 322 valence electrons. The molecule has 1 aliphatic heterocycles. The molecule has 6 aromatic rings. The van der Waals surface area contributed by atoms with Crippen molar-refractivity contribution in [2.75, 3.05) is 6.26 Å². The number of rotatable bonds is 15. The highest BCUT2D eigenvalue weighted by atomic mass is 32.2. The number of fused-ring (bicyclic) bond motifs is 1. The van der Waals surface area contributed by atoms with E-state index in [2.05, 4.69) is 38.8 Å². The first-order valence-electron chi connectivity index (χ1n) is 20.4. The Morgan fingerprint density at radius 1 is 0.903 bits per heavy atom. The Hall–Kier alpha value is -5.11. The number of nitrogens with zero attached hydrogens (tertiary/aromatic N) is 4. The standard InChI is InChI=1S/C47H51N4O7PS2Si/c1-31(41(52)38-28-49-30-48-42(60-6)45(49)61-38)40-39(32(2)58-62(7,8)47(3,4)5)43(53)50(40)44(46(54)57-29-33-24-26-34(27-25-33)51(55)56)59(35-18-12-9-13-19-35,36-20-14-10-15-21-36)37-22-16-11-17-23-37/h9-28,30-32,39-40H,29H2,1-8H3/t31-,32-,39-,40-/m1/s1. The number of carbonyl (C=O) groups is 3. The van der Waals surface area contributed by atoms with Gasteiger partial charge < -0.3 is 14.1 Å². The van der Waals surface area contributed by atoms with Gasteiger partial charge in [0.15, 0.2) is 14.1 Å². The summed E-state index contributed by atoms with van der Waals surface area (Å²) in [5, 5.41) is 14.5. The van der Waals surface area contributed by atoms with E-state index in [0.29, 0.717) is 10.4 Å². The molecule has 0 bridgehead atoms. The number of thioether (sulfide) groups is 1. The Morgan fingerprint density at radius 2 is 1.44 bits per heavy atom. The van der Waals surface area contributed by atoms with Crippen molar-refractivity contribution in [2.45, 2.75) is 76.5 Å². The molecule has 0 spiro atoms. The van der Waals surface area contributed by atoms with E-state index in [9.17, 15) is 14.9 Å². The number of nitro benzene ring substituents is 1. The summed E-state index contributed by atoms with van der Waals surface area (Å²) >= 11 is 2.86.